The van der Waals surface area contributed by atoms with Gasteiger partial charge in [-0.3, -0.25) is 19.7 Å². The average molecular weight is 359 g/mol. The maximum atomic E-state index is 12.1. The number of aryl methyl sites for hydroxylation is 1. The zero-order valence-corrected chi connectivity index (χ0v) is 14.5. The third-order valence-corrected chi connectivity index (χ3v) is 4.51. The van der Waals surface area contributed by atoms with Gasteiger partial charge in [-0.05, 0) is 38.1 Å². The molecule has 1 atom stereocenters. The Hall–Kier alpha value is -2.87. The maximum absolute atomic E-state index is 12.1. The van der Waals surface area contributed by atoms with E-state index in [0.29, 0.717) is 4.90 Å². The van der Waals surface area contributed by atoms with Crippen LogP contribution in [0.1, 0.15) is 22.8 Å². The van der Waals surface area contributed by atoms with Gasteiger partial charge in [-0.25, -0.2) is 0 Å². The SMILES string of the molecule is Cc1ccc(Sc2ccc(C(=O)NC(C)C(N)=O)cc2[N+](=O)[O-])cc1. The predicted molar refractivity (Wildman–Crippen MR) is 94.5 cm³/mol. The van der Waals surface area contributed by atoms with Crippen molar-refractivity contribution < 1.29 is 14.5 Å². The number of nitrogens with one attached hydrogen (secondary N) is 1. The Morgan fingerprint density at radius 2 is 1.84 bits per heavy atom. The highest BCUT2D eigenvalue weighted by molar-refractivity contribution is 7.99. The van der Waals surface area contributed by atoms with Crippen molar-refractivity contribution in [1.82, 2.24) is 5.32 Å². The van der Waals surface area contributed by atoms with Gasteiger partial charge < -0.3 is 11.1 Å². The molecule has 8 heteroatoms. The van der Waals surface area contributed by atoms with Crippen molar-refractivity contribution in [2.75, 3.05) is 0 Å². The van der Waals surface area contributed by atoms with Crippen molar-refractivity contribution in [3.05, 3.63) is 63.7 Å². The molecule has 0 aliphatic carbocycles. The number of carbonyl (C=O) groups is 2. The van der Waals surface area contributed by atoms with Crippen LogP contribution in [0.2, 0.25) is 0 Å². The number of hydrogen-bond acceptors (Lipinski definition) is 5. The predicted octanol–water partition coefficient (Wildman–Crippen LogP) is 2.66. The summed E-state index contributed by atoms with van der Waals surface area (Å²) in [5.41, 5.74) is 6.10. The van der Waals surface area contributed by atoms with Crippen LogP contribution >= 0.6 is 11.8 Å². The number of carbonyl (C=O) groups excluding carboxylic acids is 2. The van der Waals surface area contributed by atoms with E-state index in [1.807, 2.05) is 31.2 Å². The van der Waals surface area contributed by atoms with E-state index in [4.69, 9.17) is 5.73 Å². The molecule has 7 nitrogen and oxygen atoms in total. The van der Waals surface area contributed by atoms with Crippen LogP contribution < -0.4 is 11.1 Å². The first-order valence-electron chi connectivity index (χ1n) is 7.41. The van der Waals surface area contributed by atoms with Gasteiger partial charge in [0, 0.05) is 16.5 Å². The fourth-order valence-corrected chi connectivity index (χ4v) is 2.87. The van der Waals surface area contributed by atoms with E-state index in [2.05, 4.69) is 5.32 Å². The summed E-state index contributed by atoms with van der Waals surface area (Å²) < 4.78 is 0. The van der Waals surface area contributed by atoms with Crippen LogP contribution in [0.3, 0.4) is 0 Å². The Labute approximate surface area is 148 Å². The number of benzene rings is 2. The molecule has 2 aromatic carbocycles. The van der Waals surface area contributed by atoms with Crippen LogP contribution in [0.25, 0.3) is 0 Å². The smallest absolute Gasteiger partial charge is 0.284 e. The molecule has 1 unspecified atom stereocenters. The van der Waals surface area contributed by atoms with E-state index in [-0.39, 0.29) is 11.3 Å². The van der Waals surface area contributed by atoms with Crippen molar-refractivity contribution in [2.24, 2.45) is 5.73 Å². The van der Waals surface area contributed by atoms with E-state index in [1.54, 1.807) is 0 Å². The van der Waals surface area contributed by atoms with E-state index in [0.717, 1.165) is 10.5 Å². The average Bonchev–Trinajstić information content (AvgIpc) is 2.56. The molecular weight excluding hydrogens is 342 g/mol. The van der Waals surface area contributed by atoms with Crippen LogP contribution in [0.15, 0.2) is 52.3 Å². The summed E-state index contributed by atoms with van der Waals surface area (Å²) >= 11 is 1.24. The number of nitrogens with zero attached hydrogens (tertiary/aromatic N) is 1. The van der Waals surface area contributed by atoms with Crippen molar-refractivity contribution in [1.29, 1.82) is 0 Å². The van der Waals surface area contributed by atoms with Crippen molar-refractivity contribution in [3.63, 3.8) is 0 Å². The molecule has 0 aliphatic rings. The third kappa shape index (κ3) is 4.80. The summed E-state index contributed by atoms with van der Waals surface area (Å²) in [5, 5.41) is 13.8. The van der Waals surface area contributed by atoms with Gasteiger partial charge in [-0.15, -0.1) is 0 Å². The standard InChI is InChI=1S/C17H17N3O4S/c1-10-3-6-13(7-4-10)25-15-8-5-12(9-14(15)20(23)24)17(22)19-11(2)16(18)21/h3-9,11H,1-2H3,(H2,18,21)(H,19,22). The van der Waals surface area contributed by atoms with Crippen LogP contribution in [-0.2, 0) is 4.79 Å². The van der Waals surface area contributed by atoms with E-state index < -0.39 is 22.8 Å². The number of hydrogen-bond donors (Lipinski definition) is 2. The second-order valence-corrected chi connectivity index (χ2v) is 6.57. The molecule has 2 aromatic rings. The number of nitro benzene ring substituents is 1. The Kier molecular flexibility index (Phi) is 5.76. The highest BCUT2D eigenvalue weighted by atomic mass is 32.2. The zero-order chi connectivity index (χ0) is 18.6. The van der Waals surface area contributed by atoms with Crippen molar-refractivity contribution in [3.8, 4) is 0 Å². The Balaban J connectivity index is 2.28. The molecule has 0 spiro atoms. The second-order valence-electron chi connectivity index (χ2n) is 5.45. The summed E-state index contributed by atoms with van der Waals surface area (Å²) in [5.74, 6) is -1.28. The lowest BCUT2D eigenvalue weighted by Gasteiger charge is -2.11. The molecule has 130 valence electrons. The first-order chi connectivity index (χ1) is 11.8. The van der Waals surface area contributed by atoms with E-state index >= 15 is 0 Å². The van der Waals surface area contributed by atoms with Gasteiger partial charge >= 0.3 is 0 Å². The molecule has 25 heavy (non-hydrogen) atoms. The minimum Gasteiger partial charge on any atom is -0.368 e. The molecule has 3 N–H and O–H groups in total. The lowest BCUT2D eigenvalue weighted by Crippen LogP contribution is -2.42. The quantitative estimate of drug-likeness (QED) is 0.608. The van der Waals surface area contributed by atoms with Crippen LogP contribution in [0.5, 0.6) is 0 Å². The molecule has 2 rings (SSSR count). The van der Waals surface area contributed by atoms with Crippen LogP contribution in [0, 0.1) is 17.0 Å². The van der Waals surface area contributed by atoms with Gasteiger partial charge in [0.05, 0.1) is 9.82 Å². The fraction of sp³-hybridized carbons (Fsp3) is 0.176. The van der Waals surface area contributed by atoms with Gasteiger partial charge in [0.2, 0.25) is 5.91 Å². The summed E-state index contributed by atoms with van der Waals surface area (Å²) in [6.45, 7) is 3.40. The molecule has 0 saturated heterocycles. The molecule has 0 bridgehead atoms. The molecule has 0 saturated carbocycles. The third-order valence-electron chi connectivity index (χ3n) is 3.44. The van der Waals surface area contributed by atoms with Gasteiger partial charge in [-0.1, -0.05) is 29.5 Å². The number of nitrogens with two attached hydrogens (primary N) is 1. The lowest BCUT2D eigenvalue weighted by molar-refractivity contribution is -0.387. The molecule has 0 fully saturated rings. The van der Waals surface area contributed by atoms with Gasteiger partial charge in [-0.2, -0.15) is 0 Å². The molecule has 2 amide bonds. The van der Waals surface area contributed by atoms with Crippen molar-refractivity contribution >= 4 is 29.3 Å². The van der Waals surface area contributed by atoms with E-state index in [1.165, 1.54) is 36.9 Å². The highest BCUT2D eigenvalue weighted by Crippen LogP contribution is 2.35. The largest absolute Gasteiger partial charge is 0.368 e. The van der Waals surface area contributed by atoms with Gasteiger partial charge in [0.25, 0.3) is 11.6 Å². The number of rotatable bonds is 6. The lowest BCUT2D eigenvalue weighted by atomic mass is 10.1. The zero-order valence-electron chi connectivity index (χ0n) is 13.7. The summed E-state index contributed by atoms with van der Waals surface area (Å²) in [6.07, 6.45) is 0. The number of primary amides is 1. The topological polar surface area (TPSA) is 115 Å². The number of amides is 2. The fourth-order valence-electron chi connectivity index (χ4n) is 1.97. The Bertz CT molecular complexity index is 821. The maximum Gasteiger partial charge on any atom is 0.284 e. The summed E-state index contributed by atoms with van der Waals surface area (Å²) in [7, 11) is 0. The Morgan fingerprint density at radius 3 is 2.40 bits per heavy atom. The normalized spacial score (nSPS) is 11.6. The highest BCUT2D eigenvalue weighted by Gasteiger charge is 2.20. The first kappa shape index (κ1) is 18.5. The van der Waals surface area contributed by atoms with Gasteiger partial charge in [0.15, 0.2) is 0 Å². The second kappa shape index (κ2) is 7.80. The van der Waals surface area contributed by atoms with E-state index in [9.17, 15) is 19.7 Å². The molecule has 0 aliphatic heterocycles. The minimum atomic E-state index is -0.867. The minimum absolute atomic E-state index is 0.0908. The molecule has 0 aromatic heterocycles. The monoisotopic (exact) mass is 359 g/mol. The molecule has 0 heterocycles. The number of nitro groups is 1. The summed E-state index contributed by atoms with van der Waals surface area (Å²) in [6, 6.07) is 10.9. The molecule has 0 radical (unpaired) electrons. The Morgan fingerprint density at radius 1 is 1.20 bits per heavy atom. The van der Waals surface area contributed by atoms with Gasteiger partial charge in [0.1, 0.15) is 6.04 Å². The van der Waals surface area contributed by atoms with Crippen LogP contribution in [-0.4, -0.2) is 22.8 Å². The molecular formula is C17H17N3O4S. The first-order valence-corrected chi connectivity index (χ1v) is 8.22. The van der Waals surface area contributed by atoms with Crippen LogP contribution in [0.4, 0.5) is 5.69 Å². The summed E-state index contributed by atoms with van der Waals surface area (Å²) in [4.78, 5) is 35.2. The van der Waals surface area contributed by atoms with Crippen molar-refractivity contribution in [2.45, 2.75) is 29.7 Å².